The molecule has 2 unspecified atom stereocenters. The third kappa shape index (κ3) is 10.7. The van der Waals surface area contributed by atoms with Crippen LogP contribution in [0, 0.1) is 57.3 Å². The van der Waals surface area contributed by atoms with E-state index >= 15 is 0 Å². The van der Waals surface area contributed by atoms with Crippen LogP contribution in [0.2, 0.25) is 0 Å². The van der Waals surface area contributed by atoms with Gasteiger partial charge in [-0.1, -0.05) is 23.5 Å². The molecule has 3 saturated heterocycles. The highest BCUT2D eigenvalue weighted by Gasteiger charge is 2.54. The monoisotopic (exact) mass is 1150 g/mol. The number of likely N-dealkylation sites (tertiary alicyclic amines) is 1. The molecule has 2 saturated carbocycles. The standard InChI is InChI=1S/C64H66N12O5S2/c1-37-21-43(11-14-53(37)80-45-12-9-39(3)65-26-45)70-62-59-48-16-20-75(57(79)8-6-18-73-30-49-50(31-73)51(49)34-77)33-55(48)83-64(59)76(36-69-62)52-25-44(22-38(2)60(52)81-46-13-10-40(4)66-27-46)71-61-58-47-15-19-74(32-54(47)82-63(58)68-35-67-61)56(78)7-5-17-72-28-41-23-42(24-41)29-72/h5-14,21-22,25-27,35-36,41-42,49-51,77H,15-20,23-24,28-34H2,1-4H3,(H,67,68,71)/p+1/b7-5+,8-6+. The van der Waals surface area contributed by atoms with E-state index in [0.29, 0.717) is 85.7 Å². The van der Waals surface area contributed by atoms with Gasteiger partial charge in [0.1, 0.15) is 39.6 Å². The van der Waals surface area contributed by atoms with E-state index in [1.807, 2.05) is 86.3 Å². The van der Waals surface area contributed by atoms with Crippen molar-refractivity contribution in [1.29, 1.82) is 0 Å². The van der Waals surface area contributed by atoms with Gasteiger partial charge in [-0.15, -0.1) is 11.3 Å². The molecule has 7 aliphatic rings. The molecule has 0 spiro atoms. The van der Waals surface area contributed by atoms with E-state index in [9.17, 15) is 14.7 Å². The van der Waals surface area contributed by atoms with Gasteiger partial charge in [-0.05, 0) is 159 Å². The molecule has 2 aliphatic carbocycles. The number of aromatic nitrogens is 6. The highest BCUT2D eigenvalue weighted by Crippen LogP contribution is 2.51. The Balaban J connectivity index is 0.793. The average molecular weight is 1150 g/mol. The van der Waals surface area contributed by atoms with Crippen molar-refractivity contribution in [2.24, 2.45) is 29.6 Å². The summed E-state index contributed by atoms with van der Waals surface area (Å²) in [7, 11) is 0. The van der Waals surface area contributed by atoms with Crippen LogP contribution in [0.15, 0.2) is 104 Å². The van der Waals surface area contributed by atoms with E-state index in [2.05, 4.69) is 59.2 Å². The maximum absolute atomic E-state index is 14.0. The fourth-order valence-electron chi connectivity index (χ4n) is 13.3. The second-order valence-corrected chi connectivity index (χ2v) is 25.7. The smallest absolute Gasteiger partial charge is 0.295 e. The van der Waals surface area contributed by atoms with Crippen LogP contribution in [0.3, 0.4) is 0 Å². The highest BCUT2D eigenvalue weighted by molar-refractivity contribution is 7.19. The molecule has 11 heterocycles. The van der Waals surface area contributed by atoms with Gasteiger partial charge in [0.25, 0.3) is 12.1 Å². The first-order valence-electron chi connectivity index (χ1n) is 29.0. The minimum absolute atomic E-state index is 0.00536. The number of benzene rings is 2. The molecule has 424 valence electrons. The molecule has 83 heavy (non-hydrogen) atoms. The number of nitrogens with zero attached hydrogens (tertiary/aromatic N) is 10. The summed E-state index contributed by atoms with van der Waals surface area (Å²) in [6.07, 6.45) is 18.6. The number of carbonyl (C=O) groups excluding carboxylic acids is 2. The number of rotatable bonds is 16. The number of piperidine rings is 3. The minimum atomic E-state index is -0.00536. The van der Waals surface area contributed by atoms with E-state index in [4.69, 9.17) is 24.4 Å². The maximum atomic E-state index is 14.0. The van der Waals surface area contributed by atoms with Gasteiger partial charge in [0.2, 0.25) is 16.6 Å². The lowest BCUT2D eigenvalue weighted by molar-refractivity contribution is -0.568. The van der Waals surface area contributed by atoms with Crippen LogP contribution in [0.4, 0.5) is 23.0 Å². The lowest BCUT2D eigenvalue weighted by Gasteiger charge is -2.47. The number of aliphatic hydroxyl groups is 1. The van der Waals surface area contributed by atoms with E-state index in [1.54, 1.807) is 53.5 Å². The first-order valence-corrected chi connectivity index (χ1v) is 30.7. The molecule has 5 aliphatic heterocycles. The fraction of sp³-hybridized carbons (Fsp3) is 0.375. The van der Waals surface area contributed by atoms with E-state index in [0.717, 1.165) is 132 Å². The summed E-state index contributed by atoms with van der Waals surface area (Å²) in [6.45, 7) is 16.2. The van der Waals surface area contributed by atoms with Crippen LogP contribution < -0.4 is 24.7 Å². The van der Waals surface area contributed by atoms with Crippen molar-refractivity contribution in [3.63, 3.8) is 0 Å². The number of hydrogen-bond donors (Lipinski definition) is 3. The zero-order valence-electron chi connectivity index (χ0n) is 47.2. The summed E-state index contributed by atoms with van der Waals surface area (Å²) in [5, 5.41) is 19.0. The fourth-order valence-corrected chi connectivity index (χ4v) is 15.9. The molecule has 0 radical (unpaired) electrons. The van der Waals surface area contributed by atoms with Crippen molar-refractivity contribution in [2.45, 2.75) is 66.5 Å². The number of fused-ring (bicyclic) bond motifs is 9. The molecule has 8 aromatic rings. The number of aryl methyl sites for hydroxylation is 4. The van der Waals surface area contributed by atoms with Gasteiger partial charge in [0.15, 0.2) is 11.4 Å². The second kappa shape index (κ2) is 22.1. The predicted molar refractivity (Wildman–Crippen MR) is 322 cm³/mol. The summed E-state index contributed by atoms with van der Waals surface area (Å²) in [5.74, 6) is 7.33. The molecular formula is C64H67N12O5S2+. The molecule has 2 amide bonds. The predicted octanol–water partition coefficient (Wildman–Crippen LogP) is 10.1. The van der Waals surface area contributed by atoms with Crippen molar-refractivity contribution >= 4 is 77.9 Å². The number of amides is 2. The Morgan fingerprint density at radius 1 is 0.687 bits per heavy atom. The van der Waals surface area contributed by atoms with Gasteiger partial charge in [-0.3, -0.25) is 29.4 Å². The van der Waals surface area contributed by atoms with Crippen LogP contribution in [0.5, 0.6) is 23.0 Å². The quantitative estimate of drug-likeness (QED) is 0.0615. The third-order valence-electron chi connectivity index (χ3n) is 17.8. The molecule has 15 rings (SSSR count). The Kier molecular flexibility index (Phi) is 14.2. The van der Waals surface area contributed by atoms with Gasteiger partial charge in [0, 0.05) is 110 Å². The van der Waals surface area contributed by atoms with Crippen LogP contribution >= 0.6 is 22.7 Å². The van der Waals surface area contributed by atoms with Gasteiger partial charge in [0.05, 0.1) is 30.9 Å². The molecule has 2 bridgehead atoms. The average Bonchev–Trinajstić information content (AvgIpc) is 3.97. The molecule has 3 N–H and O–H groups in total. The summed E-state index contributed by atoms with van der Waals surface area (Å²) in [6, 6.07) is 17.9. The maximum Gasteiger partial charge on any atom is 0.295 e. The molecule has 2 atom stereocenters. The van der Waals surface area contributed by atoms with Gasteiger partial charge in [-0.25, -0.2) is 9.97 Å². The molecule has 2 aromatic carbocycles. The largest absolute Gasteiger partial charge is 0.455 e. The Bertz CT molecular complexity index is 3870. The summed E-state index contributed by atoms with van der Waals surface area (Å²) < 4.78 is 15.2. The molecule has 17 nitrogen and oxygen atoms in total. The number of carbonyl (C=O) groups is 2. The summed E-state index contributed by atoms with van der Waals surface area (Å²) in [4.78, 5) is 64.2. The first kappa shape index (κ1) is 53.3. The number of pyridine rings is 2. The van der Waals surface area contributed by atoms with Crippen molar-refractivity contribution in [2.75, 3.05) is 69.6 Å². The Morgan fingerprint density at radius 2 is 1.30 bits per heavy atom. The van der Waals surface area contributed by atoms with Crippen molar-refractivity contribution in [1.82, 2.24) is 44.5 Å². The number of thiophene rings is 2. The van der Waals surface area contributed by atoms with E-state index in [-0.39, 0.29) is 18.4 Å². The molecule has 5 fully saturated rings. The highest BCUT2D eigenvalue weighted by atomic mass is 32.1. The zero-order valence-corrected chi connectivity index (χ0v) is 48.8. The van der Waals surface area contributed by atoms with Gasteiger partial charge in [-0.2, -0.15) is 4.57 Å². The molecular weight excluding hydrogens is 1080 g/mol. The van der Waals surface area contributed by atoms with Crippen LogP contribution in [-0.2, 0) is 35.5 Å². The van der Waals surface area contributed by atoms with Crippen molar-refractivity contribution in [3.8, 4) is 28.7 Å². The number of ether oxygens (including phenoxy) is 2. The van der Waals surface area contributed by atoms with Crippen molar-refractivity contribution in [3.05, 3.63) is 147 Å². The first-order chi connectivity index (χ1) is 40.4. The van der Waals surface area contributed by atoms with E-state index in [1.165, 1.54) is 18.4 Å². The second-order valence-electron chi connectivity index (χ2n) is 23.5. The van der Waals surface area contributed by atoms with Gasteiger partial charge < -0.3 is 35.0 Å². The lowest BCUT2D eigenvalue weighted by atomic mass is 9.71. The molecule has 19 heteroatoms. The summed E-state index contributed by atoms with van der Waals surface area (Å²) in [5.41, 5.74) is 8.32. The number of nitrogens with one attached hydrogen (secondary N) is 2. The van der Waals surface area contributed by atoms with E-state index < -0.39 is 0 Å². The zero-order chi connectivity index (χ0) is 56.5. The SMILES string of the molecule is Cc1ccc(Oc2ccc(Nc3nc[n+](-c4cc(Nc5ncnc6sc7c(c56)CCN(C(=O)/C=C/CN5CC6CC(C6)C5)C7)cc(C)c4Oc4ccc(C)nc4)c4sc5c(c34)CCN(C(=O)/C=C/CN3CC4C(CO)C4C3)C5)cc2C)cn1. The Labute approximate surface area is 490 Å². The number of anilines is 4. The lowest BCUT2D eigenvalue weighted by Crippen LogP contribution is -2.48. The van der Waals surface area contributed by atoms with Gasteiger partial charge >= 0.3 is 0 Å². The minimum Gasteiger partial charge on any atom is -0.455 e. The van der Waals surface area contributed by atoms with Crippen LogP contribution in [-0.4, -0.2) is 120 Å². The number of hydrogen-bond acceptors (Lipinski definition) is 16. The van der Waals surface area contributed by atoms with Crippen molar-refractivity contribution < 1.29 is 28.7 Å². The van der Waals surface area contributed by atoms with Crippen LogP contribution in [0.1, 0.15) is 56.2 Å². The molecule has 6 aromatic heterocycles. The Hall–Kier alpha value is -7.68. The Morgan fingerprint density at radius 3 is 1.95 bits per heavy atom. The third-order valence-corrected chi connectivity index (χ3v) is 20.1. The number of aliphatic hydroxyl groups excluding tert-OH is 1. The van der Waals surface area contributed by atoms with Crippen LogP contribution in [0.25, 0.3) is 26.1 Å². The summed E-state index contributed by atoms with van der Waals surface area (Å²) >= 11 is 3.29. The topological polar surface area (TPSA) is 178 Å². The normalized spacial score (nSPS) is 21.1.